The van der Waals surface area contributed by atoms with E-state index in [1.54, 1.807) is 0 Å². The Morgan fingerprint density at radius 1 is 1.40 bits per heavy atom. The molecule has 1 aromatic carbocycles. The lowest BCUT2D eigenvalue weighted by atomic mass is 10.2. The lowest BCUT2D eigenvalue weighted by Crippen LogP contribution is -2.13. The third kappa shape index (κ3) is 3.47. The van der Waals surface area contributed by atoms with Crippen LogP contribution in [-0.2, 0) is 9.53 Å². The van der Waals surface area contributed by atoms with Crippen molar-refractivity contribution in [1.82, 2.24) is 0 Å². The number of hydrogen-bond donors (Lipinski definition) is 2. The Kier molecular flexibility index (Phi) is 3.51. The van der Waals surface area contributed by atoms with Gasteiger partial charge in [-0.05, 0) is 18.2 Å². The molecular formula is C9H8ClNO4. The highest BCUT2D eigenvalue weighted by atomic mass is 35.5. The number of aliphatic carboxylic acids is 1. The Hall–Kier alpha value is -1.75. The second-order valence-electron chi connectivity index (χ2n) is 2.74. The number of esters is 1. The standard InChI is InChI=1S/C9H8ClNO4/c10-6-1-5(2-7(11)3-6)9(14)15-4-8(12)13/h1-3H,4,11H2,(H,12,13). The van der Waals surface area contributed by atoms with E-state index >= 15 is 0 Å². The van der Waals surface area contributed by atoms with Crippen LogP contribution in [0.5, 0.6) is 0 Å². The van der Waals surface area contributed by atoms with Crippen LogP contribution in [0.1, 0.15) is 10.4 Å². The number of carbonyl (C=O) groups excluding carboxylic acids is 1. The zero-order chi connectivity index (χ0) is 11.4. The number of halogens is 1. The van der Waals surface area contributed by atoms with Gasteiger partial charge in [0.2, 0.25) is 0 Å². The lowest BCUT2D eigenvalue weighted by Gasteiger charge is -2.03. The molecule has 0 heterocycles. The van der Waals surface area contributed by atoms with Crippen LogP contribution in [0.4, 0.5) is 5.69 Å². The van der Waals surface area contributed by atoms with E-state index in [1.165, 1.54) is 18.2 Å². The highest BCUT2D eigenvalue weighted by molar-refractivity contribution is 6.31. The smallest absolute Gasteiger partial charge is 0.341 e. The van der Waals surface area contributed by atoms with Gasteiger partial charge >= 0.3 is 11.9 Å². The summed E-state index contributed by atoms with van der Waals surface area (Å²) in [6, 6.07) is 4.17. The van der Waals surface area contributed by atoms with E-state index in [0.717, 1.165) is 0 Å². The summed E-state index contributed by atoms with van der Waals surface area (Å²) in [4.78, 5) is 21.4. The van der Waals surface area contributed by atoms with Crippen LogP contribution in [0.15, 0.2) is 18.2 Å². The number of benzene rings is 1. The molecule has 15 heavy (non-hydrogen) atoms. The molecular weight excluding hydrogens is 222 g/mol. The van der Waals surface area contributed by atoms with Gasteiger partial charge in [-0.3, -0.25) is 0 Å². The topological polar surface area (TPSA) is 89.6 Å². The van der Waals surface area contributed by atoms with Gasteiger partial charge in [0.05, 0.1) is 5.56 Å². The fourth-order valence-electron chi connectivity index (χ4n) is 0.941. The summed E-state index contributed by atoms with van der Waals surface area (Å²) in [6.07, 6.45) is 0. The molecule has 0 aliphatic heterocycles. The molecule has 0 amide bonds. The Morgan fingerprint density at radius 3 is 2.60 bits per heavy atom. The number of carbonyl (C=O) groups is 2. The highest BCUT2D eigenvalue weighted by Gasteiger charge is 2.10. The first-order valence-electron chi connectivity index (χ1n) is 3.94. The van der Waals surface area contributed by atoms with Gasteiger partial charge in [-0.1, -0.05) is 11.6 Å². The normalized spacial score (nSPS) is 9.67. The molecule has 1 rings (SSSR count). The van der Waals surface area contributed by atoms with Crippen LogP contribution in [0.2, 0.25) is 5.02 Å². The van der Waals surface area contributed by atoms with Gasteiger partial charge in [0.25, 0.3) is 0 Å². The number of rotatable bonds is 3. The predicted octanol–water partition coefficient (Wildman–Crippen LogP) is 1.16. The van der Waals surface area contributed by atoms with Crippen molar-refractivity contribution in [3.63, 3.8) is 0 Å². The molecule has 0 fully saturated rings. The van der Waals surface area contributed by atoms with Gasteiger partial charge in [0.1, 0.15) is 0 Å². The third-order valence-corrected chi connectivity index (χ3v) is 1.70. The largest absolute Gasteiger partial charge is 0.479 e. The third-order valence-electron chi connectivity index (χ3n) is 1.48. The van der Waals surface area contributed by atoms with Crippen molar-refractivity contribution in [2.75, 3.05) is 12.3 Å². The maximum absolute atomic E-state index is 11.3. The van der Waals surface area contributed by atoms with Crippen LogP contribution >= 0.6 is 11.6 Å². The second-order valence-corrected chi connectivity index (χ2v) is 3.18. The molecule has 0 aliphatic rings. The summed E-state index contributed by atoms with van der Waals surface area (Å²) >= 11 is 5.65. The minimum atomic E-state index is -1.22. The van der Waals surface area contributed by atoms with Crippen LogP contribution in [0, 0.1) is 0 Å². The number of carboxylic acid groups (broad SMARTS) is 1. The van der Waals surface area contributed by atoms with E-state index in [2.05, 4.69) is 4.74 Å². The highest BCUT2D eigenvalue weighted by Crippen LogP contribution is 2.17. The van der Waals surface area contributed by atoms with Crippen molar-refractivity contribution in [1.29, 1.82) is 0 Å². The van der Waals surface area contributed by atoms with Gasteiger partial charge in [-0.2, -0.15) is 0 Å². The number of ether oxygens (including phenoxy) is 1. The molecule has 0 bridgehead atoms. The summed E-state index contributed by atoms with van der Waals surface area (Å²) in [6.45, 7) is -0.689. The number of carboxylic acids is 1. The summed E-state index contributed by atoms with van der Waals surface area (Å²) in [7, 11) is 0. The van der Waals surface area contributed by atoms with Gasteiger partial charge in [-0.25, -0.2) is 9.59 Å². The molecule has 0 aliphatic carbocycles. The van der Waals surface area contributed by atoms with Gasteiger partial charge in [0.15, 0.2) is 6.61 Å². The zero-order valence-electron chi connectivity index (χ0n) is 7.57. The Bertz CT molecular complexity index is 385. The average Bonchev–Trinajstić information content (AvgIpc) is 2.12. The van der Waals surface area contributed by atoms with Gasteiger partial charge in [-0.15, -0.1) is 0 Å². The summed E-state index contributed by atoms with van der Waals surface area (Å²) in [5.41, 5.74) is 5.88. The Morgan fingerprint density at radius 2 is 2.07 bits per heavy atom. The molecule has 0 saturated carbocycles. The Labute approximate surface area is 90.4 Å². The quantitative estimate of drug-likeness (QED) is 0.600. The minimum absolute atomic E-state index is 0.126. The van der Waals surface area contributed by atoms with Crippen molar-refractivity contribution in [3.8, 4) is 0 Å². The van der Waals surface area contributed by atoms with E-state index in [1.807, 2.05) is 0 Å². The first-order valence-corrected chi connectivity index (χ1v) is 4.32. The fourth-order valence-corrected chi connectivity index (χ4v) is 1.18. The van der Waals surface area contributed by atoms with Gasteiger partial charge < -0.3 is 15.6 Å². The van der Waals surface area contributed by atoms with Crippen molar-refractivity contribution < 1.29 is 19.4 Å². The van der Waals surface area contributed by atoms with Crippen molar-refractivity contribution in [2.24, 2.45) is 0 Å². The molecule has 5 nitrogen and oxygen atoms in total. The molecule has 3 N–H and O–H groups in total. The molecule has 0 radical (unpaired) electrons. The molecule has 0 unspecified atom stereocenters. The van der Waals surface area contributed by atoms with E-state index in [-0.39, 0.29) is 10.6 Å². The van der Waals surface area contributed by atoms with Gasteiger partial charge in [0, 0.05) is 10.7 Å². The number of anilines is 1. The lowest BCUT2D eigenvalue weighted by molar-refractivity contribution is -0.140. The number of nitrogen functional groups attached to an aromatic ring is 1. The predicted molar refractivity (Wildman–Crippen MR) is 53.8 cm³/mol. The van der Waals surface area contributed by atoms with Crippen molar-refractivity contribution in [3.05, 3.63) is 28.8 Å². The number of nitrogens with two attached hydrogens (primary N) is 1. The van der Waals surface area contributed by atoms with Crippen LogP contribution in [0.25, 0.3) is 0 Å². The van der Waals surface area contributed by atoms with E-state index in [9.17, 15) is 9.59 Å². The molecule has 80 valence electrons. The maximum atomic E-state index is 11.3. The molecule has 0 spiro atoms. The zero-order valence-corrected chi connectivity index (χ0v) is 8.32. The van der Waals surface area contributed by atoms with Crippen molar-refractivity contribution in [2.45, 2.75) is 0 Å². The van der Waals surface area contributed by atoms with Crippen LogP contribution in [-0.4, -0.2) is 23.7 Å². The average molecular weight is 230 g/mol. The van der Waals surface area contributed by atoms with Crippen LogP contribution in [0.3, 0.4) is 0 Å². The molecule has 1 aromatic rings. The van der Waals surface area contributed by atoms with E-state index in [0.29, 0.717) is 5.69 Å². The molecule has 0 atom stereocenters. The van der Waals surface area contributed by atoms with E-state index in [4.69, 9.17) is 22.4 Å². The van der Waals surface area contributed by atoms with Crippen LogP contribution < -0.4 is 5.73 Å². The monoisotopic (exact) mass is 229 g/mol. The molecule has 6 heteroatoms. The molecule has 0 aromatic heterocycles. The first kappa shape index (κ1) is 11.3. The Balaban J connectivity index is 2.77. The first-order chi connectivity index (χ1) is 6.99. The maximum Gasteiger partial charge on any atom is 0.341 e. The SMILES string of the molecule is Nc1cc(Cl)cc(C(=O)OCC(=O)O)c1. The number of hydrogen-bond acceptors (Lipinski definition) is 4. The van der Waals surface area contributed by atoms with E-state index < -0.39 is 18.5 Å². The minimum Gasteiger partial charge on any atom is -0.479 e. The summed E-state index contributed by atoms with van der Waals surface area (Å²) < 4.78 is 4.45. The molecule has 0 saturated heterocycles. The summed E-state index contributed by atoms with van der Waals surface area (Å²) in [5, 5.41) is 8.58. The fraction of sp³-hybridized carbons (Fsp3) is 0.111. The second kappa shape index (κ2) is 4.65. The summed E-state index contributed by atoms with van der Waals surface area (Å²) in [5.74, 6) is -2.00. The van der Waals surface area contributed by atoms with Crippen molar-refractivity contribution >= 4 is 29.2 Å².